The maximum atomic E-state index is 12.9. The Kier molecular flexibility index (Phi) is 6.45. The molecular formula is C31H32N4O3. The zero-order chi connectivity index (χ0) is 26.2. The molecule has 3 aromatic carbocycles. The molecule has 0 spiro atoms. The van der Waals surface area contributed by atoms with Gasteiger partial charge in [0.25, 0.3) is 10.9 Å². The van der Waals surface area contributed by atoms with Crippen LogP contribution in [-0.4, -0.2) is 36.1 Å². The van der Waals surface area contributed by atoms with Gasteiger partial charge < -0.3 is 15.4 Å². The number of ether oxygens (including phenoxy) is 1. The van der Waals surface area contributed by atoms with E-state index in [0.29, 0.717) is 29.8 Å². The topological polar surface area (TPSA) is 83.6 Å². The van der Waals surface area contributed by atoms with Crippen molar-refractivity contribution in [3.63, 3.8) is 0 Å². The molecule has 0 radical (unpaired) electrons. The number of pyridine rings is 1. The Labute approximate surface area is 221 Å². The summed E-state index contributed by atoms with van der Waals surface area (Å²) in [6.07, 6.45) is 6.04. The van der Waals surface area contributed by atoms with E-state index >= 15 is 0 Å². The average Bonchev–Trinajstić information content (AvgIpc) is 2.98. The maximum absolute atomic E-state index is 12.9. The minimum atomic E-state index is -0.472. The van der Waals surface area contributed by atoms with E-state index in [9.17, 15) is 9.59 Å². The molecule has 4 heterocycles. The summed E-state index contributed by atoms with van der Waals surface area (Å²) in [4.78, 5) is 32.6. The number of anilines is 2. The molecule has 3 aliphatic heterocycles. The average molecular weight is 509 g/mol. The van der Waals surface area contributed by atoms with Crippen molar-refractivity contribution in [3.8, 4) is 5.75 Å². The van der Waals surface area contributed by atoms with Gasteiger partial charge in [0, 0.05) is 30.7 Å². The smallest absolute Gasteiger partial charge is 0.253 e. The summed E-state index contributed by atoms with van der Waals surface area (Å²) in [6, 6.07) is 17.7. The minimum absolute atomic E-state index is 0.160. The van der Waals surface area contributed by atoms with Gasteiger partial charge in [0.1, 0.15) is 17.1 Å². The third kappa shape index (κ3) is 4.27. The molecule has 2 N–H and O–H groups in total. The number of hydrogen-bond donors (Lipinski definition) is 2. The molecule has 2 bridgehead atoms. The Bertz CT molecular complexity index is 1540. The Morgan fingerprint density at radius 1 is 1.13 bits per heavy atom. The molecule has 4 aromatic rings. The summed E-state index contributed by atoms with van der Waals surface area (Å²) >= 11 is 0. The zero-order valence-electron chi connectivity index (χ0n) is 21.5. The Hall–Kier alpha value is -3.97. The second-order valence-corrected chi connectivity index (χ2v) is 10.4. The summed E-state index contributed by atoms with van der Waals surface area (Å²) in [6.45, 7) is 6.51. The number of aromatic nitrogens is 1. The molecule has 0 saturated carbocycles. The first kappa shape index (κ1) is 24.4. The van der Waals surface area contributed by atoms with E-state index in [1.54, 1.807) is 7.11 Å². The van der Waals surface area contributed by atoms with Gasteiger partial charge in [-0.3, -0.25) is 19.5 Å². The molecule has 1 unspecified atom stereocenters. The van der Waals surface area contributed by atoms with Crippen molar-refractivity contribution in [2.45, 2.75) is 31.5 Å². The van der Waals surface area contributed by atoms with Crippen LogP contribution in [0.25, 0.3) is 10.9 Å². The Morgan fingerprint density at radius 3 is 2.68 bits per heavy atom. The van der Waals surface area contributed by atoms with Crippen LogP contribution >= 0.6 is 0 Å². The van der Waals surface area contributed by atoms with Crippen molar-refractivity contribution in [2.24, 2.45) is 11.8 Å². The van der Waals surface area contributed by atoms with Crippen LogP contribution in [0.3, 0.4) is 0 Å². The lowest BCUT2D eigenvalue weighted by Crippen LogP contribution is -2.56. The first-order valence-electron chi connectivity index (χ1n) is 13.2. The van der Waals surface area contributed by atoms with Crippen molar-refractivity contribution in [1.82, 2.24) is 9.88 Å². The third-order valence-corrected chi connectivity index (χ3v) is 8.38. The molecule has 1 aromatic heterocycles. The molecule has 3 fully saturated rings. The molecule has 38 heavy (non-hydrogen) atoms. The van der Waals surface area contributed by atoms with Crippen LogP contribution in [0.4, 0.5) is 11.4 Å². The first-order valence-corrected chi connectivity index (χ1v) is 13.2. The predicted octanol–water partition coefficient (Wildman–Crippen LogP) is 4.50. The van der Waals surface area contributed by atoms with E-state index in [1.165, 1.54) is 0 Å². The van der Waals surface area contributed by atoms with Crippen LogP contribution in [0.5, 0.6) is 5.75 Å². The standard InChI is InChI=1S/C31H32N4O3/c1-3-20-18-35-14-12-21(20)15-26(35)27(23-11-13-32-25-10-9-22(38-2)16-24(23)25)34-29-28(30(36)31(29)37)33-17-19-7-5-4-6-8-19/h3-11,13,16,20-21,26-27,33-34H,1,12,14-15,17-18H2,2H3/t20-,21-,26+,27-/m0/s1. The van der Waals surface area contributed by atoms with E-state index in [1.807, 2.05) is 60.8 Å². The van der Waals surface area contributed by atoms with Crippen LogP contribution < -0.4 is 26.2 Å². The Morgan fingerprint density at radius 2 is 1.95 bits per heavy atom. The monoisotopic (exact) mass is 508 g/mol. The first-order chi connectivity index (χ1) is 18.6. The third-order valence-electron chi connectivity index (χ3n) is 8.38. The second-order valence-electron chi connectivity index (χ2n) is 10.4. The fraction of sp³-hybridized carbons (Fsp3) is 0.323. The fourth-order valence-electron chi connectivity index (χ4n) is 6.29. The van der Waals surface area contributed by atoms with Gasteiger partial charge in [-0.2, -0.15) is 0 Å². The molecule has 7 rings (SSSR count). The molecule has 194 valence electrons. The molecule has 0 aliphatic carbocycles. The van der Waals surface area contributed by atoms with Crippen molar-refractivity contribution in [2.75, 3.05) is 30.8 Å². The predicted molar refractivity (Wildman–Crippen MR) is 152 cm³/mol. The SMILES string of the molecule is C=C[C@H]1CN2CC[C@H]1C[C@@H]2[C@@H](Nc1c(NCc2ccccc2)c(=O)c1=O)c1ccnc2ccc(OC)cc12. The minimum Gasteiger partial charge on any atom is -0.497 e. The van der Waals surface area contributed by atoms with Gasteiger partial charge >= 0.3 is 0 Å². The van der Waals surface area contributed by atoms with Crippen LogP contribution in [0.15, 0.2) is 83.0 Å². The van der Waals surface area contributed by atoms with Crippen LogP contribution in [0.2, 0.25) is 0 Å². The van der Waals surface area contributed by atoms with Gasteiger partial charge in [-0.25, -0.2) is 0 Å². The molecular weight excluding hydrogens is 476 g/mol. The fourth-order valence-corrected chi connectivity index (χ4v) is 6.29. The lowest BCUT2D eigenvalue weighted by atomic mass is 9.73. The highest BCUT2D eigenvalue weighted by Gasteiger charge is 2.43. The normalized spacial score (nSPS) is 23.3. The number of nitrogens with zero attached hydrogens (tertiary/aromatic N) is 2. The molecule has 7 heteroatoms. The zero-order valence-corrected chi connectivity index (χ0v) is 21.5. The highest BCUT2D eigenvalue weighted by Crippen LogP contribution is 2.43. The highest BCUT2D eigenvalue weighted by atomic mass is 16.5. The van der Waals surface area contributed by atoms with Gasteiger partial charge in [0.2, 0.25) is 0 Å². The summed E-state index contributed by atoms with van der Waals surface area (Å²) in [5.74, 6) is 1.78. The van der Waals surface area contributed by atoms with E-state index in [4.69, 9.17) is 4.74 Å². The maximum Gasteiger partial charge on any atom is 0.253 e. The largest absolute Gasteiger partial charge is 0.497 e. The lowest BCUT2D eigenvalue weighted by Gasteiger charge is -2.52. The second kappa shape index (κ2) is 10.1. The van der Waals surface area contributed by atoms with E-state index < -0.39 is 10.9 Å². The lowest BCUT2D eigenvalue weighted by molar-refractivity contribution is 0.0105. The van der Waals surface area contributed by atoms with Crippen molar-refractivity contribution < 1.29 is 4.74 Å². The molecule has 3 saturated heterocycles. The van der Waals surface area contributed by atoms with Crippen molar-refractivity contribution >= 4 is 22.3 Å². The summed E-state index contributed by atoms with van der Waals surface area (Å²) in [5, 5.41) is 7.76. The summed E-state index contributed by atoms with van der Waals surface area (Å²) in [7, 11) is 1.66. The van der Waals surface area contributed by atoms with E-state index in [2.05, 4.69) is 33.2 Å². The van der Waals surface area contributed by atoms with Crippen LogP contribution in [-0.2, 0) is 6.54 Å². The van der Waals surface area contributed by atoms with Crippen LogP contribution in [0.1, 0.15) is 30.0 Å². The number of hydrogen-bond acceptors (Lipinski definition) is 7. The van der Waals surface area contributed by atoms with E-state index in [0.717, 1.165) is 53.7 Å². The van der Waals surface area contributed by atoms with E-state index in [-0.39, 0.29) is 12.1 Å². The van der Waals surface area contributed by atoms with Gasteiger partial charge in [-0.05, 0) is 66.6 Å². The molecule has 7 nitrogen and oxygen atoms in total. The van der Waals surface area contributed by atoms with Crippen molar-refractivity contribution in [1.29, 1.82) is 0 Å². The van der Waals surface area contributed by atoms with Gasteiger partial charge in [-0.1, -0.05) is 36.4 Å². The van der Waals surface area contributed by atoms with Gasteiger partial charge in [0.15, 0.2) is 0 Å². The number of fused-ring (bicyclic) bond motifs is 4. The number of nitrogens with one attached hydrogen (secondary N) is 2. The number of benzene rings is 2. The van der Waals surface area contributed by atoms with Gasteiger partial charge in [-0.15, -0.1) is 6.58 Å². The van der Waals surface area contributed by atoms with Crippen LogP contribution in [0, 0.1) is 11.8 Å². The summed E-state index contributed by atoms with van der Waals surface area (Å²) < 4.78 is 5.53. The quantitative estimate of drug-likeness (QED) is 0.254. The molecule has 5 atom stereocenters. The number of rotatable bonds is 9. The molecule has 3 aliphatic rings. The Balaban J connectivity index is 1.39. The highest BCUT2D eigenvalue weighted by molar-refractivity contribution is 5.85. The molecule has 0 amide bonds. The summed E-state index contributed by atoms with van der Waals surface area (Å²) in [5.41, 5.74) is 2.74. The van der Waals surface area contributed by atoms with Gasteiger partial charge in [0.05, 0.1) is 18.7 Å². The number of piperidine rings is 3. The number of methoxy groups -OCH3 is 1. The van der Waals surface area contributed by atoms with Crippen molar-refractivity contribution in [3.05, 3.63) is 105 Å².